The first kappa shape index (κ1) is 58.6. The molecule has 0 saturated heterocycles. The van der Waals surface area contributed by atoms with Crippen LogP contribution >= 0.6 is 0 Å². The Morgan fingerprint density at radius 1 is 0.328 bits per heavy atom. The highest BCUT2D eigenvalue weighted by Crippen LogP contribution is 2.16. The third-order valence-electron chi connectivity index (χ3n) is 11.6. The van der Waals surface area contributed by atoms with Crippen molar-refractivity contribution in [3.05, 3.63) is 36.5 Å². The molecule has 0 radical (unpaired) electrons. The lowest BCUT2D eigenvalue weighted by Crippen LogP contribution is -2.30. The van der Waals surface area contributed by atoms with Gasteiger partial charge in [0.1, 0.15) is 13.2 Å². The molecule has 0 aliphatic rings. The van der Waals surface area contributed by atoms with Crippen molar-refractivity contribution in [2.75, 3.05) is 13.2 Å². The zero-order valence-electron chi connectivity index (χ0n) is 40.7. The first-order valence-electron chi connectivity index (χ1n) is 26.5. The fraction of sp³-hybridized carbons (Fsp3) is 0.836. The number of allylic oxidation sites excluding steroid dienone is 6. The lowest BCUT2D eigenvalue weighted by atomic mass is 10.0. The molecule has 0 aromatic carbocycles. The van der Waals surface area contributed by atoms with Gasteiger partial charge in [-0.25, -0.2) is 0 Å². The number of hydrogen-bond donors (Lipinski definition) is 0. The third kappa shape index (κ3) is 48.5. The molecule has 0 saturated carbocycles. The second-order valence-corrected chi connectivity index (χ2v) is 17.8. The van der Waals surface area contributed by atoms with Crippen molar-refractivity contribution in [1.82, 2.24) is 0 Å². The van der Waals surface area contributed by atoms with Crippen LogP contribution in [-0.4, -0.2) is 37.2 Å². The first-order valence-corrected chi connectivity index (χ1v) is 26.5. The van der Waals surface area contributed by atoms with E-state index < -0.39 is 6.10 Å². The third-order valence-corrected chi connectivity index (χ3v) is 11.6. The van der Waals surface area contributed by atoms with Crippen LogP contribution in [0.4, 0.5) is 0 Å². The van der Waals surface area contributed by atoms with Crippen molar-refractivity contribution in [2.24, 2.45) is 0 Å². The van der Waals surface area contributed by atoms with Crippen molar-refractivity contribution < 1.29 is 28.6 Å². The van der Waals surface area contributed by atoms with E-state index >= 15 is 0 Å². The highest BCUT2D eigenvalue weighted by Gasteiger charge is 2.19. The summed E-state index contributed by atoms with van der Waals surface area (Å²) in [4.78, 5) is 37.9. The van der Waals surface area contributed by atoms with Crippen LogP contribution in [0.25, 0.3) is 0 Å². The quantitative estimate of drug-likeness (QED) is 0.0262. The Kier molecular flexibility index (Phi) is 48.3. The Morgan fingerprint density at radius 2 is 0.590 bits per heavy atom. The van der Waals surface area contributed by atoms with Gasteiger partial charge in [0.05, 0.1) is 0 Å². The maximum Gasteiger partial charge on any atom is 0.306 e. The molecule has 0 aliphatic carbocycles. The molecular formula is C55H100O6. The molecule has 6 nitrogen and oxygen atoms in total. The van der Waals surface area contributed by atoms with Gasteiger partial charge in [-0.3, -0.25) is 14.4 Å². The van der Waals surface area contributed by atoms with Crippen LogP contribution in [0.15, 0.2) is 36.5 Å². The Labute approximate surface area is 378 Å². The Bertz CT molecular complexity index is 1030. The van der Waals surface area contributed by atoms with Gasteiger partial charge in [-0.2, -0.15) is 0 Å². The normalized spacial score (nSPS) is 12.2. The van der Waals surface area contributed by atoms with E-state index in [9.17, 15) is 14.4 Å². The second kappa shape index (κ2) is 50.3. The summed E-state index contributed by atoms with van der Waals surface area (Å²) in [6, 6.07) is 0. The maximum atomic E-state index is 12.8. The molecule has 0 amide bonds. The topological polar surface area (TPSA) is 78.9 Å². The van der Waals surface area contributed by atoms with Crippen LogP contribution < -0.4 is 0 Å². The second-order valence-electron chi connectivity index (χ2n) is 17.8. The van der Waals surface area contributed by atoms with Gasteiger partial charge < -0.3 is 14.2 Å². The predicted octanol–water partition coefficient (Wildman–Crippen LogP) is 17.3. The molecule has 356 valence electrons. The summed E-state index contributed by atoms with van der Waals surface area (Å²) in [6.45, 7) is 6.60. The molecule has 0 unspecified atom stereocenters. The van der Waals surface area contributed by atoms with E-state index in [4.69, 9.17) is 14.2 Å². The van der Waals surface area contributed by atoms with E-state index in [1.54, 1.807) is 0 Å². The van der Waals surface area contributed by atoms with E-state index in [-0.39, 0.29) is 37.5 Å². The minimum absolute atomic E-state index is 0.0832. The van der Waals surface area contributed by atoms with Crippen LogP contribution in [0.1, 0.15) is 278 Å². The summed E-state index contributed by atoms with van der Waals surface area (Å²) in [7, 11) is 0. The van der Waals surface area contributed by atoms with Crippen molar-refractivity contribution in [1.29, 1.82) is 0 Å². The van der Waals surface area contributed by atoms with Gasteiger partial charge in [0, 0.05) is 19.3 Å². The Balaban J connectivity index is 4.37. The summed E-state index contributed by atoms with van der Waals surface area (Å²) >= 11 is 0. The molecule has 0 bridgehead atoms. The monoisotopic (exact) mass is 857 g/mol. The van der Waals surface area contributed by atoms with Gasteiger partial charge in [-0.05, 0) is 57.8 Å². The first-order chi connectivity index (χ1) is 30.0. The average molecular weight is 857 g/mol. The molecule has 0 rings (SSSR count). The Hall–Kier alpha value is -2.37. The number of unbranched alkanes of at least 4 members (excludes halogenated alkanes) is 31. The molecule has 0 spiro atoms. The summed E-state index contributed by atoms with van der Waals surface area (Å²) < 4.78 is 16.8. The van der Waals surface area contributed by atoms with Crippen molar-refractivity contribution in [2.45, 2.75) is 284 Å². The summed E-state index contributed by atoms with van der Waals surface area (Å²) in [5.41, 5.74) is 0. The number of carbonyl (C=O) groups is 3. The average Bonchev–Trinajstić information content (AvgIpc) is 3.26. The summed E-state index contributed by atoms with van der Waals surface area (Å²) in [5, 5.41) is 0. The fourth-order valence-corrected chi connectivity index (χ4v) is 7.63. The molecule has 1 atom stereocenters. The van der Waals surface area contributed by atoms with Gasteiger partial charge in [-0.15, -0.1) is 0 Å². The summed E-state index contributed by atoms with van der Waals surface area (Å²) in [6.07, 6.45) is 58.4. The molecule has 0 aromatic heterocycles. The molecular weight excluding hydrogens is 757 g/mol. The minimum Gasteiger partial charge on any atom is -0.462 e. The molecule has 0 N–H and O–H groups in total. The van der Waals surface area contributed by atoms with Crippen molar-refractivity contribution in [3.8, 4) is 0 Å². The van der Waals surface area contributed by atoms with Gasteiger partial charge in [-0.1, -0.05) is 237 Å². The number of ether oxygens (including phenoxy) is 3. The maximum absolute atomic E-state index is 12.8. The standard InChI is InChI=1S/C55H100O6/c1-4-7-10-13-16-19-22-24-26-27-29-30-33-36-39-42-45-48-54(57)60-51-52(50-59-53(56)47-44-41-38-35-32-21-18-15-12-9-6-3)61-55(58)49-46-43-40-37-34-31-28-25-23-20-17-14-11-8-5-2/h17,20,25,28,34,37,52H,4-16,18-19,21-24,26-27,29-33,35-36,38-51H2,1-3H3/b20-17-,28-25-,37-34-/t52-/m1/s1. The van der Waals surface area contributed by atoms with E-state index in [1.165, 1.54) is 167 Å². The highest BCUT2D eigenvalue weighted by molar-refractivity contribution is 5.71. The zero-order chi connectivity index (χ0) is 44.4. The van der Waals surface area contributed by atoms with E-state index in [0.29, 0.717) is 19.3 Å². The Morgan fingerprint density at radius 3 is 0.951 bits per heavy atom. The number of carbonyl (C=O) groups excluding carboxylic acids is 3. The molecule has 0 fully saturated rings. The smallest absolute Gasteiger partial charge is 0.306 e. The zero-order valence-corrected chi connectivity index (χ0v) is 40.7. The van der Waals surface area contributed by atoms with E-state index in [0.717, 1.165) is 64.2 Å². The highest BCUT2D eigenvalue weighted by atomic mass is 16.6. The largest absolute Gasteiger partial charge is 0.462 e. The fourth-order valence-electron chi connectivity index (χ4n) is 7.63. The van der Waals surface area contributed by atoms with Gasteiger partial charge in [0.25, 0.3) is 0 Å². The molecule has 0 aromatic rings. The SMILES string of the molecule is CCCCC/C=C\C/C=C\C/C=C\CCCCC(=O)O[C@H](COC(=O)CCCCCCCCCCCCC)COC(=O)CCCCCCCCCCCCCCCCCCC. The predicted molar refractivity (Wildman–Crippen MR) is 261 cm³/mol. The molecule has 6 heteroatoms. The summed E-state index contributed by atoms with van der Waals surface area (Å²) in [5.74, 6) is -0.910. The number of hydrogen-bond acceptors (Lipinski definition) is 6. The molecule has 0 aliphatic heterocycles. The van der Waals surface area contributed by atoms with Crippen LogP contribution in [0.5, 0.6) is 0 Å². The number of esters is 3. The van der Waals surface area contributed by atoms with Crippen LogP contribution in [0.3, 0.4) is 0 Å². The lowest BCUT2D eigenvalue weighted by molar-refractivity contribution is -0.167. The van der Waals surface area contributed by atoms with Gasteiger partial charge in [0.2, 0.25) is 0 Å². The van der Waals surface area contributed by atoms with Crippen LogP contribution in [-0.2, 0) is 28.6 Å². The van der Waals surface area contributed by atoms with Crippen molar-refractivity contribution >= 4 is 17.9 Å². The molecule has 61 heavy (non-hydrogen) atoms. The van der Waals surface area contributed by atoms with Crippen molar-refractivity contribution in [3.63, 3.8) is 0 Å². The van der Waals surface area contributed by atoms with Gasteiger partial charge in [0.15, 0.2) is 6.10 Å². The van der Waals surface area contributed by atoms with E-state index in [1.807, 2.05) is 0 Å². The molecule has 0 heterocycles. The van der Waals surface area contributed by atoms with Gasteiger partial charge >= 0.3 is 17.9 Å². The number of rotatable bonds is 48. The van der Waals surface area contributed by atoms with Crippen LogP contribution in [0, 0.1) is 0 Å². The lowest BCUT2D eigenvalue weighted by Gasteiger charge is -2.18. The van der Waals surface area contributed by atoms with E-state index in [2.05, 4.69) is 57.2 Å². The van der Waals surface area contributed by atoms with Crippen LogP contribution in [0.2, 0.25) is 0 Å². The minimum atomic E-state index is -0.786.